The SMILES string of the molecule is CCNC(=NCc1ccc(N2CCNC(=O)C2)cc1)N1CCC(COCc2ccccc2)C1. The third-order valence-corrected chi connectivity index (χ3v) is 6.14. The van der Waals surface area contributed by atoms with Gasteiger partial charge in [0.1, 0.15) is 0 Å². The highest BCUT2D eigenvalue weighted by Crippen LogP contribution is 2.19. The normalized spacial score (nSPS) is 19.0. The Kier molecular flexibility index (Phi) is 8.19. The first-order chi connectivity index (χ1) is 16.2. The Morgan fingerprint density at radius 2 is 1.94 bits per heavy atom. The van der Waals surface area contributed by atoms with Crippen molar-refractivity contribution in [3.8, 4) is 0 Å². The molecule has 0 radical (unpaired) electrons. The summed E-state index contributed by atoms with van der Waals surface area (Å²) in [4.78, 5) is 21.0. The van der Waals surface area contributed by atoms with E-state index in [0.29, 0.717) is 32.2 Å². The van der Waals surface area contributed by atoms with Crippen LogP contribution in [0, 0.1) is 5.92 Å². The standard InChI is InChI=1S/C26H35N5O2/c1-2-27-26(31-14-12-23(17-31)20-33-19-22-6-4-3-5-7-22)29-16-21-8-10-24(11-9-21)30-15-13-28-25(32)18-30/h3-11,23H,2,12-20H2,1H3,(H,27,29)(H,28,32). The second-order valence-corrected chi connectivity index (χ2v) is 8.71. The minimum absolute atomic E-state index is 0.0830. The summed E-state index contributed by atoms with van der Waals surface area (Å²) in [5, 5.41) is 6.32. The largest absolute Gasteiger partial charge is 0.376 e. The predicted molar refractivity (Wildman–Crippen MR) is 132 cm³/mol. The summed E-state index contributed by atoms with van der Waals surface area (Å²) in [5.74, 6) is 1.58. The van der Waals surface area contributed by atoms with Gasteiger partial charge in [0, 0.05) is 44.3 Å². The summed E-state index contributed by atoms with van der Waals surface area (Å²) in [7, 11) is 0. The lowest BCUT2D eigenvalue weighted by atomic mass is 10.1. The number of benzene rings is 2. The summed E-state index contributed by atoms with van der Waals surface area (Å²) in [6.45, 7) is 8.98. The molecule has 2 aliphatic heterocycles. The van der Waals surface area contributed by atoms with Gasteiger partial charge in [-0.25, -0.2) is 4.99 Å². The molecule has 0 bridgehead atoms. The molecule has 0 aliphatic carbocycles. The topological polar surface area (TPSA) is 69.2 Å². The molecule has 1 unspecified atom stereocenters. The van der Waals surface area contributed by atoms with Crippen molar-refractivity contribution in [3.05, 3.63) is 65.7 Å². The maximum Gasteiger partial charge on any atom is 0.239 e. The Balaban J connectivity index is 1.28. The van der Waals surface area contributed by atoms with E-state index in [2.05, 4.69) is 75.9 Å². The fraction of sp³-hybridized carbons (Fsp3) is 0.462. The predicted octanol–water partition coefficient (Wildman–Crippen LogP) is 2.63. The van der Waals surface area contributed by atoms with Gasteiger partial charge in [0.25, 0.3) is 0 Å². The number of nitrogens with one attached hydrogen (secondary N) is 2. The maximum absolute atomic E-state index is 11.6. The molecule has 2 N–H and O–H groups in total. The van der Waals surface area contributed by atoms with Gasteiger partial charge < -0.3 is 25.2 Å². The molecular weight excluding hydrogens is 414 g/mol. The molecule has 1 atom stereocenters. The molecule has 0 aromatic heterocycles. The molecule has 2 aromatic rings. The molecule has 2 aliphatic rings. The van der Waals surface area contributed by atoms with E-state index >= 15 is 0 Å². The molecule has 0 saturated carbocycles. The highest BCUT2D eigenvalue weighted by molar-refractivity contribution is 5.82. The quantitative estimate of drug-likeness (QED) is 0.479. The average molecular weight is 450 g/mol. The number of rotatable bonds is 8. The van der Waals surface area contributed by atoms with Gasteiger partial charge in [-0.3, -0.25) is 4.79 Å². The van der Waals surface area contributed by atoms with E-state index in [4.69, 9.17) is 9.73 Å². The third-order valence-electron chi connectivity index (χ3n) is 6.14. The smallest absolute Gasteiger partial charge is 0.239 e. The molecule has 4 rings (SSSR count). The van der Waals surface area contributed by atoms with E-state index in [1.807, 2.05) is 6.07 Å². The average Bonchev–Trinajstić information content (AvgIpc) is 3.31. The van der Waals surface area contributed by atoms with Gasteiger partial charge in [-0.15, -0.1) is 0 Å². The number of piperazine rings is 1. The summed E-state index contributed by atoms with van der Waals surface area (Å²) in [5.41, 5.74) is 3.47. The van der Waals surface area contributed by atoms with Crippen molar-refractivity contribution in [1.29, 1.82) is 0 Å². The number of anilines is 1. The highest BCUT2D eigenvalue weighted by Gasteiger charge is 2.25. The van der Waals surface area contributed by atoms with E-state index in [9.17, 15) is 4.79 Å². The van der Waals surface area contributed by atoms with Crippen LogP contribution in [0.25, 0.3) is 0 Å². The van der Waals surface area contributed by atoms with Gasteiger partial charge in [-0.2, -0.15) is 0 Å². The fourth-order valence-corrected chi connectivity index (χ4v) is 4.34. The molecule has 2 aromatic carbocycles. The Labute approximate surface area is 196 Å². The zero-order valence-electron chi connectivity index (χ0n) is 19.5. The molecule has 7 nitrogen and oxygen atoms in total. The van der Waals surface area contributed by atoms with Gasteiger partial charge in [0.2, 0.25) is 5.91 Å². The lowest BCUT2D eigenvalue weighted by Gasteiger charge is -2.28. The number of guanidine groups is 1. The van der Waals surface area contributed by atoms with Crippen LogP contribution in [0.5, 0.6) is 0 Å². The summed E-state index contributed by atoms with van der Waals surface area (Å²) >= 11 is 0. The van der Waals surface area contributed by atoms with Crippen molar-refractivity contribution in [2.24, 2.45) is 10.9 Å². The zero-order valence-corrected chi connectivity index (χ0v) is 19.5. The van der Waals surface area contributed by atoms with Crippen molar-refractivity contribution < 1.29 is 9.53 Å². The van der Waals surface area contributed by atoms with E-state index in [0.717, 1.165) is 56.4 Å². The van der Waals surface area contributed by atoms with Gasteiger partial charge in [0.15, 0.2) is 5.96 Å². The van der Waals surface area contributed by atoms with Crippen molar-refractivity contribution in [2.45, 2.75) is 26.5 Å². The number of nitrogens with zero attached hydrogens (tertiary/aromatic N) is 3. The van der Waals surface area contributed by atoms with Gasteiger partial charge in [-0.1, -0.05) is 42.5 Å². The first-order valence-corrected chi connectivity index (χ1v) is 12.0. The minimum atomic E-state index is 0.0830. The van der Waals surface area contributed by atoms with Crippen LogP contribution in [0.1, 0.15) is 24.5 Å². The molecule has 33 heavy (non-hydrogen) atoms. The minimum Gasteiger partial charge on any atom is -0.376 e. The molecule has 7 heteroatoms. The number of hydrogen-bond acceptors (Lipinski definition) is 4. The first kappa shape index (κ1) is 23.1. The van der Waals surface area contributed by atoms with Crippen LogP contribution >= 0.6 is 0 Å². The Bertz CT molecular complexity index is 916. The number of hydrogen-bond donors (Lipinski definition) is 2. The van der Waals surface area contributed by atoms with Crippen LogP contribution < -0.4 is 15.5 Å². The molecule has 2 heterocycles. The van der Waals surface area contributed by atoms with Gasteiger partial charge in [0.05, 0.1) is 26.3 Å². The first-order valence-electron chi connectivity index (χ1n) is 12.0. The maximum atomic E-state index is 11.6. The molecule has 1 amide bonds. The van der Waals surface area contributed by atoms with E-state index < -0.39 is 0 Å². The number of aliphatic imine (C=N–C) groups is 1. The number of ether oxygens (including phenoxy) is 1. The van der Waals surface area contributed by atoms with Crippen molar-refractivity contribution in [2.75, 3.05) is 50.8 Å². The Morgan fingerprint density at radius 1 is 1.12 bits per heavy atom. The van der Waals surface area contributed by atoms with Crippen LogP contribution in [0.3, 0.4) is 0 Å². The highest BCUT2D eigenvalue weighted by atomic mass is 16.5. The fourth-order valence-electron chi connectivity index (χ4n) is 4.34. The van der Waals surface area contributed by atoms with E-state index in [-0.39, 0.29) is 5.91 Å². The lowest BCUT2D eigenvalue weighted by Crippen LogP contribution is -2.47. The van der Waals surface area contributed by atoms with Crippen molar-refractivity contribution in [1.82, 2.24) is 15.5 Å². The molecule has 2 saturated heterocycles. The molecule has 2 fully saturated rings. The van der Waals surface area contributed by atoms with Crippen LogP contribution in [-0.4, -0.2) is 62.6 Å². The molecular formula is C26H35N5O2. The molecule has 176 valence electrons. The van der Waals surface area contributed by atoms with Crippen LogP contribution in [0.2, 0.25) is 0 Å². The van der Waals surface area contributed by atoms with Crippen LogP contribution in [-0.2, 0) is 22.7 Å². The summed E-state index contributed by atoms with van der Waals surface area (Å²) in [6, 6.07) is 18.7. The number of carbonyl (C=O) groups is 1. The second kappa shape index (κ2) is 11.7. The van der Waals surface area contributed by atoms with Crippen LogP contribution in [0.15, 0.2) is 59.6 Å². The van der Waals surface area contributed by atoms with Gasteiger partial charge >= 0.3 is 0 Å². The summed E-state index contributed by atoms with van der Waals surface area (Å²) in [6.07, 6.45) is 1.12. The summed E-state index contributed by atoms with van der Waals surface area (Å²) < 4.78 is 5.97. The monoisotopic (exact) mass is 449 g/mol. The molecule has 0 spiro atoms. The van der Waals surface area contributed by atoms with E-state index in [1.165, 1.54) is 5.56 Å². The van der Waals surface area contributed by atoms with Crippen molar-refractivity contribution in [3.63, 3.8) is 0 Å². The Hall–Kier alpha value is -3.06. The number of amides is 1. The van der Waals surface area contributed by atoms with Crippen LogP contribution in [0.4, 0.5) is 5.69 Å². The zero-order chi connectivity index (χ0) is 22.9. The number of likely N-dealkylation sites (tertiary alicyclic amines) is 1. The Morgan fingerprint density at radius 3 is 2.70 bits per heavy atom. The lowest BCUT2D eigenvalue weighted by molar-refractivity contribution is -0.120. The second-order valence-electron chi connectivity index (χ2n) is 8.71. The third kappa shape index (κ3) is 6.71. The van der Waals surface area contributed by atoms with E-state index in [1.54, 1.807) is 0 Å². The van der Waals surface area contributed by atoms with Crippen molar-refractivity contribution >= 4 is 17.6 Å². The van der Waals surface area contributed by atoms with Gasteiger partial charge in [-0.05, 0) is 36.6 Å². The number of carbonyl (C=O) groups excluding carboxylic acids is 1.